The van der Waals surface area contributed by atoms with Gasteiger partial charge in [-0.05, 0) is 24.7 Å². The molecule has 5 unspecified atom stereocenters. The molecule has 0 aliphatic rings. The zero-order valence-electron chi connectivity index (χ0n) is 21.2. The number of hydrogen-bond acceptors (Lipinski definition) is 7. The molecular weight excluding hydrogens is 470 g/mol. The second-order valence-corrected chi connectivity index (χ2v) is 9.35. The summed E-state index contributed by atoms with van der Waals surface area (Å²) in [4.78, 5) is 68.5. The van der Waals surface area contributed by atoms with Crippen molar-refractivity contribution >= 4 is 29.6 Å². The van der Waals surface area contributed by atoms with E-state index in [0.717, 1.165) is 0 Å². The molecular formula is C23H39N7O6. The van der Waals surface area contributed by atoms with E-state index in [1.807, 2.05) is 13.8 Å². The van der Waals surface area contributed by atoms with Crippen LogP contribution in [0.25, 0.3) is 0 Å². The Labute approximate surface area is 210 Å². The average molecular weight is 510 g/mol. The van der Waals surface area contributed by atoms with Gasteiger partial charge in [-0.3, -0.25) is 19.2 Å². The number of aliphatic carboxylic acids is 1. The van der Waals surface area contributed by atoms with Gasteiger partial charge in [-0.25, -0.2) is 9.78 Å². The molecule has 0 saturated carbocycles. The van der Waals surface area contributed by atoms with Gasteiger partial charge >= 0.3 is 5.97 Å². The largest absolute Gasteiger partial charge is 0.480 e. The normalized spacial score (nSPS) is 15.3. The standard InChI is InChI=1S/C23H39N7O6/c1-5-13(4)19(23(35)36)30-22(34)17(9-14-10-26-11-27-14)29-21(33)16(6-7-18(25)31)28-20(32)15(24)8-12(2)3/h10-13,15-17,19H,5-9,24H2,1-4H3,(H2,25,31)(H,26,27)(H,28,32)(H,29,33)(H,30,34)(H,35,36). The predicted octanol–water partition coefficient (Wildman–Crippen LogP) is -0.824. The molecule has 0 spiro atoms. The SMILES string of the molecule is CCC(C)C(NC(=O)C(Cc1cnc[nH]1)NC(=O)C(CCC(N)=O)NC(=O)C(N)CC(C)C)C(=O)O. The average Bonchev–Trinajstić information content (AvgIpc) is 3.31. The van der Waals surface area contributed by atoms with Crippen molar-refractivity contribution in [2.24, 2.45) is 23.3 Å². The van der Waals surface area contributed by atoms with Crippen LogP contribution in [0.5, 0.6) is 0 Å². The van der Waals surface area contributed by atoms with Gasteiger partial charge in [-0.2, -0.15) is 0 Å². The summed E-state index contributed by atoms with van der Waals surface area (Å²) in [5.41, 5.74) is 11.7. The number of H-pyrrole nitrogens is 1. The van der Waals surface area contributed by atoms with Gasteiger partial charge in [-0.1, -0.05) is 34.1 Å². The minimum atomic E-state index is -1.20. The highest BCUT2D eigenvalue weighted by Gasteiger charge is 2.32. The Hall–Kier alpha value is -3.48. The number of nitrogens with two attached hydrogens (primary N) is 2. The molecule has 1 aromatic rings. The van der Waals surface area contributed by atoms with Gasteiger partial charge in [0.05, 0.1) is 12.4 Å². The minimum absolute atomic E-state index is 0.0201. The van der Waals surface area contributed by atoms with Crippen LogP contribution in [0, 0.1) is 11.8 Å². The third-order valence-electron chi connectivity index (χ3n) is 5.76. The summed E-state index contributed by atoms with van der Waals surface area (Å²) in [6, 6.07) is -4.42. The lowest BCUT2D eigenvalue weighted by atomic mass is 9.98. The van der Waals surface area contributed by atoms with E-state index < -0.39 is 53.8 Å². The fourth-order valence-corrected chi connectivity index (χ4v) is 3.48. The topological polar surface area (TPSA) is 222 Å². The summed E-state index contributed by atoms with van der Waals surface area (Å²) >= 11 is 0. The van der Waals surface area contributed by atoms with Crippen molar-refractivity contribution in [3.63, 3.8) is 0 Å². The fourth-order valence-electron chi connectivity index (χ4n) is 3.48. The van der Waals surface area contributed by atoms with Crippen molar-refractivity contribution in [3.8, 4) is 0 Å². The molecule has 13 heteroatoms. The van der Waals surface area contributed by atoms with Crippen molar-refractivity contribution in [1.82, 2.24) is 25.9 Å². The maximum absolute atomic E-state index is 13.1. The number of carbonyl (C=O) groups excluding carboxylic acids is 4. The van der Waals surface area contributed by atoms with Crippen molar-refractivity contribution in [2.75, 3.05) is 0 Å². The summed E-state index contributed by atoms with van der Waals surface area (Å²) in [6.07, 6.45) is 3.44. The second kappa shape index (κ2) is 14.8. The van der Waals surface area contributed by atoms with Crippen molar-refractivity contribution in [1.29, 1.82) is 0 Å². The number of amides is 4. The fraction of sp³-hybridized carbons (Fsp3) is 0.652. The van der Waals surface area contributed by atoms with E-state index in [-0.39, 0.29) is 31.1 Å². The van der Waals surface area contributed by atoms with E-state index in [1.165, 1.54) is 12.5 Å². The molecule has 1 rings (SSSR count). The molecule has 0 bridgehead atoms. The number of carboxylic acid groups (broad SMARTS) is 1. The Bertz CT molecular complexity index is 890. The minimum Gasteiger partial charge on any atom is -0.480 e. The van der Waals surface area contributed by atoms with Crippen LogP contribution < -0.4 is 27.4 Å². The quantitative estimate of drug-likeness (QED) is 0.149. The molecule has 1 heterocycles. The summed E-state index contributed by atoms with van der Waals surface area (Å²) < 4.78 is 0. The van der Waals surface area contributed by atoms with E-state index in [0.29, 0.717) is 18.5 Å². The summed E-state index contributed by atoms with van der Waals surface area (Å²) in [5, 5.41) is 17.1. The highest BCUT2D eigenvalue weighted by Crippen LogP contribution is 2.10. The molecule has 0 aromatic carbocycles. The highest BCUT2D eigenvalue weighted by molar-refractivity contribution is 5.94. The molecule has 0 radical (unpaired) electrons. The van der Waals surface area contributed by atoms with Crippen LogP contribution >= 0.6 is 0 Å². The third kappa shape index (κ3) is 10.4. The number of nitrogens with one attached hydrogen (secondary N) is 4. The molecule has 0 fully saturated rings. The number of primary amides is 1. The molecule has 0 aliphatic carbocycles. The molecule has 202 valence electrons. The Morgan fingerprint density at radius 2 is 1.64 bits per heavy atom. The van der Waals surface area contributed by atoms with Crippen LogP contribution in [0.1, 0.15) is 59.1 Å². The zero-order chi connectivity index (χ0) is 27.4. The van der Waals surface area contributed by atoms with Gasteiger partial charge < -0.3 is 37.5 Å². The zero-order valence-corrected chi connectivity index (χ0v) is 21.2. The molecule has 4 amide bonds. The van der Waals surface area contributed by atoms with E-state index >= 15 is 0 Å². The number of aromatic amines is 1. The Morgan fingerprint density at radius 3 is 2.14 bits per heavy atom. The van der Waals surface area contributed by atoms with Crippen LogP contribution in [0.4, 0.5) is 0 Å². The second-order valence-electron chi connectivity index (χ2n) is 9.35. The van der Waals surface area contributed by atoms with Crippen molar-refractivity contribution in [3.05, 3.63) is 18.2 Å². The Balaban J connectivity index is 3.11. The van der Waals surface area contributed by atoms with Crippen LogP contribution in [-0.4, -0.2) is 68.8 Å². The first-order valence-corrected chi connectivity index (χ1v) is 12.0. The number of nitrogens with zero attached hydrogens (tertiary/aromatic N) is 1. The first kappa shape index (κ1) is 30.6. The lowest BCUT2D eigenvalue weighted by molar-refractivity contribution is -0.143. The number of carbonyl (C=O) groups is 5. The molecule has 36 heavy (non-hydrogen) atoms. The maximum Gasteiger partial charge on any atom is 0.326 e. The summed E-state index contributed by atoms with van der Waals surface area (Å²) in [7, 11) is 0. The number of carboxylic acids is 1. The Morgan fingerprint density at radius 1 is 1.03 bits per heavy atom. The predicted molar refractivity (Wildman–Crippen MR) is 131 cm³/mol. The van der Waals surface area contributed by atoms with E-state index in [4.69, 9.17) is 11.5 Å². The first-order valence-electron chi connectivity index (χ1n) is 12.0. The first-order chi connectivity index (χ1) is 16.8. The monoisotopic (exact) mass is 509 g/mol. The lowest BCUT2D eigenvalue weighted by Gasteiger charge is -2.26. The van der Waals surface area contributed by atoms with Gasteiger partial charge in [-0.15, -0.1) is 0 Å². The number of rotatable bonds is 16. The molecule has 0 aliphatic heterocycles. The van der Waals surface area contributed by atoms with E-state index in [1.54, 1.807) is 13.8 Å². The van der Waals surface area contributed by atoms with E-state index in [2.05, 4.69) is 25.9 Å². The Kier molecular flexibility index (Phi) is 12.6. The maximum atomic E-state index is 13.1. The number of aromatic nitrogens is 2. The molecule has 1 aromatic heterocycles. The molecule has 5 atom stereocenters. The van der Waals surface area contributed by atoms with E-state index in [9.17, 15) is 29.1 Å². The van der Waals surface area contributed by atoms with Crippen molar-refractivity contribution in [2.45, 2.75) is 84.0 Å². The smallest absolute Gasteiger partial charge is 0.326 e. The highest BCUT2D eigenvalue weighted by atomic mass is 16.4. The third-order valence-corrected chi connectivity index (χ3v) is 5.76. The van der Waals surface area contributed by atoms with Crippen LogP contribution in [0.2, 0.25) is 0 Å². The number of imidazole rings is 1. The van der Waals surface area contributed by atoms with Gasteiger partial charge in [0.1, 0.15) is 18.1 Å². The lowest BCUT2D eigenvalue weighted by Crippen LogP contribution is -2.58. The van der Waals surface area contributed by atoms with Gasteiger partial charge in [0.25, 0.3) is 0 Å². The molecule has 9 N–H and O–H groups in total. The summed E-state index contributed by atoms with van der Waals surface area (Å²) in [5.74, 6) is -4.13. The van der Waals surface area contributed by atoms with Gasteiger partial charge in [0.15, 0.2) is 0 Å². The van der Waals surface area contributed by atoms with Crippen molar-refractivity contribution < 1.29 is 29.1 Å². The van der Waals surface area contributed by atoms with Crippen LogP contribution in [0.3, 0.4) is 0 Å². The summed E-state index contributed by atoms with van der Waals surface area (Å²) in [6.45, 7) is 7.28. The number of hydrogen-bond donors (Lipinski definition) is 7. The van der Waals surface area contributed by atoms with Crippen LogP contribution in [0.15, 0.2) is 12.5 Å². The molecule has 13 nitrogen and oxygen atoms in total. The molecule has 0 saturated heterocycles. The van der Waals surface area contributed by atoms with Gasteiger partial charge in [0, 0.05) is 24.7 Å². The van der Waals surface area contributed by atoms with Gasteiger partial charge in [0.2, 0.25) is 23.6 Å². The van der Waals surface area contributed by atoms with Crippen LogP contribution in [-0.2, 0) is 30.4 Å².